The van der Waals surface area contributed by atoms with Crippen molar-refractivity contribution in [2.45, 2.75) is 13.5 Å². The Morgan fingerprint density at radius 1 is 1.06 bits per heavy atom. The first-order valence-corrected chi connectivity index (χ1v) is 6.82. The lowest BCUT2D eigenvalue weighted by molar-refractivity contribution is -0.116. The maximum atomic E-state index is 11.8. The minimum atomic E-state index is 0.0556. The van der Waals surface area contributed by atoms with Gasteiger partial charge in [-0.25, -0.2) is 0 Å². The maximum absolute atomic E-state index is 11.8. The molecule has 2 rings (SSSR count). The molecule has 0 bridgehead atoms. The number of hydrogen-bond donors (Lipinski definition) is 0. The molecule has 0 aromatic heterocycles. The Balaban J connectivity index is 2.24. The van der Waals surface area contributed by atoms with Crippen molar-refractivity contribution in [1.82, 2.24) is 0 Å². The highest BCUT2D eigenvalue weighted by Gasteiger charge is 2.11. The minimum absolute atomic E-state index is 0.0556. The highest BCUT2D eigenvalue weighted by molar-refractivity contribution is 14.1. The van der Waals surface area contributed by atoms with Gasteiger partial charge in [0.2, 0.25) is 5.91 Å². The summed E-state index contributed by atoms with van der Waals surface area (Å²) in [4.78, 5) is 13.5. The number of rotatable bonds is 3. The van der Waals surface area contributed by atoms with Crippen molar-refractivity contribution in [3.63, 3.8) is 0 Å². The van der Waals surface area contributed by atoms with Crippen LogP contribution in [0.5, 0.6) is 0 Å². The molecule has 0 aliphatic rings. The fourth-order valence-corrected chi connectivity index (χ4v) is 2.13. The van der Waals surface area contributed by atoms with Crippen LogP contribution in [0.3, 0.4) is 0 Å². The molecule has 0 atom stereocenters. The van der Waals surface area contributed by atoms with Crippen molar-refractivity contribution in [2.24, 2.45) is 0 Å². The quantitative estimate of drug-likeness (QED) is 0.770. The van der Waals surface area contributed by atoms with E-state index in [9.17, 15) is 4.79 Å². The Morgan fingerprint density at radius 3 is 2.22 bits per heavy atom. The van der Waals surface area contributed by atoms with Crippen molar-refractivity contribution in [2.75, 3.05) is 4.90 Å². The van der Waals surface area contributed by atoms with Gasteiger partial charge in [-0.3, -0.25) is 4.79 Å². The van der Waals surface area contributed by atoms with Crippen LogP contribution < -0.4 is 4.90 Å². The van der Waals surface area contributed by atoms with E-state index in [2.05, 4.69) is 22.6 Å². The van der Waals surface area contributed by atoms with Gasteiger partial charge in [0.05, 0.1) is 6.54 Å². The average molecular weight is 351 g/mol. The Morgan fingerprint density at radius 2 is 1.67 bits per heavy atom. The number of benzene rings is 2. The number of amides is 1. The predicted octanol–water partition coefficient (Wildman–Crippen LogP) is 3.84. The zero-order chi connectivity index (χ0) is 13.0. The monoisotopic (exact) mass is 351 g/mol. The summed E-state index contributed by atoms with van der Waals surface area (Å²) in [5, 5.41) is 0. The third-order valence-electron chi connectivity index (χ3n) is 2.70. The second-order valence-electron chi connectivity index (χ2n) is 4.07. The third-order valence-corrected chi connectivity index (χ3v) is 3.42. The zero-order valence-electron chi connectivity index (χ0n) is 10.1. The number of anilines is 1. The molecular formula is C15H14INO. The molecule has 0 aliphatic carbocycles. The molecule has 0 fully saturated rings. The van der Waals surface area contributed by atoms with Crippen LogP contribution in [0.4, 0.5) is 5.69 Å². The van der Waals surface area contributed by atoms with E-state index in [0.717, 1.165) is 11.3 Å². The molecule has 0 saturated carbocycles. The van der Waals surface area contributed by atoms with Crippen molar-refractivity contribution >= 4 is 34.2 Å². The molecule has 0 spiro atoms. The van der Waals surface area contributed by atoms with Gasteiger partial charge >= 0.3 is 0 Å². The van der Waals surface area contributed by atoms with Gasteiger partial charge in [0.25, 0.3) is 0 Å². The fourth-order valence-electron chi connectivity index (χ4n) is 1.77. The number of nitrogens with zero attached hydrogens (tertiary/aromatic N) is 1. The van der Waals surface area contributed by atoms with Gasteiger partial charge < -0.3 is 4.90 Å². The van der Waals surface area contributed by atoms with E-state index in [4.69, 9.17) is 0 Å². The summed E-state index contributed by atoms with van der Waals surface area (Å²) in [6, 6.07) is 18.0. The van der Waals surface area contributed by atoms with Crippen molar-refractivity contribution in [1.29, 1.82) is 0 Å². The fraction of sp³-hybridized carbons (Fsp3) is 0.133. The summed E-state index contributed by atoms with van der Waals surface area (Å²) >= 11 is 2.26. The lowest BCUT2D eigenvalue weighted by atomic mass is 10.2. The van der Waals surface area contributed by atoms with Gasteiger partial charge in [-0.05, 0) is 52.4 Å². The number of carbonyl (C=O) groups is 1. The Kier molecular flexibility index (Phi) is 4.36. The molecule has 0 aliphatic heterocycles. The molecule has 2 aromatic carbocycles. The number of hydrogen-bond acceptors (Lipinski definition) is 1. The number of carbonyl (C=O) groups excluding carboxylic acids is 1. The van der Waals surface area contributed by atoms with Crippen molar-refractivity contribution in [3.8, 4) is 0 Å². The Hall–Kier alpha value is -1.36. The standard InChI is InChI=1S/C15H14INO/c1-12(18)17(11-13-5-3-2-4-6-13)15-9-7-14(16)8-10-15/h2-10H,11H2,1H3. The molecule has 1 amide bonds. The first kappa shape index (κ1) is 13.1. The molecular weight excluding hydrogens is 337 g/mol. The second kappa shape index (κ2) is 6.00. The highest BCUT2D eigenvalue weighted by atomic mass is 127. The van der Waals surface area contributed by atoms with E-state index >= 15 is 0 Å². The number of halogens is 1. The summed E-state index contributed by atoms with van der Waals surface area (Å²) in [6.07, 6.45) is 0. The topological polar surface area (TPSA) is 20.3 Å². The van der Waals surface area contributed by atoms with E-state index in [1.165, 1.54) is 3.57 Å². The lowest BCUT2D eigenvalue weighted by Gasteiger charge is -2.21. The van der Waals surface area contributed by atoms with Gasteiger partial charge in [0.15, 0.2) is 0 Å². The normalized spacial score (nSPS) is 10.1. The minimum Gasteiger partial charge on any atom is -0.308 e. The molecule has 0 heterocycles. The van der Waals surface area contributed by atoms with Gasteiger partial charge in [-0.15, -0.1) is 0 Å². The molecule has 2 nitrogen and oxygen atoms in total. The average Bonchev–Trinajstić information content (AvgIpc) is 2.38. The van der Waals surface area contributed by atoms with Crippen LogP contribution in [0.25, 0.3) is 0 Å². The van der Waals surface area contributed by atoms with E-state index in [0.29, 0.717) is 6.54 Å². The first-order chi connectivity index (χ1) is 8.66. The largest absolute Gasteiger partial charge is 0.308 e. The van der Waals surface area contributed by atoms with E-state index in [1.54, 1.807) is 11.8 Å². The SMILES string of the molecule is CC(=O)N(Cc1ccccc1)c1ccc(I)cc1. The highest BCUT2D eigenvalue weighted by Crippen LogP contribution is 2.19. The first-order valence-electron chi connectivity index (χ1n) is 5.74. The Labute approximate surface area is 121 Å². The molecule has 3 heteroatoms. The van der Waals surface area contributed by atoms with Crippen LogP contribution in [0.1, 0.15) is 12.5 Å². The van der Waals surface area contributed by atoms with Crippen LogP contribution in [0.2, 0.25) is 0 Å². The summed E-state index contributed by atoms with van der Waals surface area (Å²) in [5.41, 5.74) is 2.07. The predicted molar refractivity (Wildman–Crippen MR) is 82.5 cm³/mol. The smallest absolute Gasteiger partial charge is 0.224 e. The van der Waals surface area contributed by atoms with Gasteiger partial charge in [0.1, 0.15) is 0 Å². The second-order valence-corrected chi connectivity index (χ2v) is 5.31. The molecule has 18 heavy (non-hydrogen) atoms. The molecule has 0 unspecified atom stereocenters. The molecule has 92 valence electrons. The van der Waals surface area contributed by atoms with E-state index < -0.39 is 0 Å². The van der Waals surface area contributed by atoms with Gasteiger partial charge in [0, 0.05) is 16.2 Å². The van der Waals surface area contributed by atoms with Gasteiger partial charge in [-0.1, -0.05) is 30.3 Å². The summed E-state index contributed by atoms with van der Waals surface area (Å²) in [7, 11) is 0. The molecule has 0 N–H and O–H groups in total. The van der Waals surface area contributed by atoms with Crippen LogP contribution in [0, 0.1) is 3.57 Å². The zero-order valence-corrected chi connectivity index (χ0v) is 12.3. The molecule has 0 radical (unpaired) electrons. The van der Waals surface area contributed by atoms with Crippen LogP contribution >= 0.6 is 22.6 Å². The van der Waals surface area contributed by atoms with Crippen LogP contribution in [-0.2, 0) is 11.3 Å². The summed E-state index contributed by atoms with van der Waals surface area (Å²) in [6.45, 7) is 2.21. The summed E-state index contributed by atoms with van der Waals surface area (Å²) in [5.74, 6) is 0.0556. The van der Waals surface area contributed by atoms with Crippen molar-refractivity contribution < 1.29 is 4.79 Å². The van der Waals surface area contributed by atoms with E-state index in [1.807, 2.05) is 54.6 Å². The van der Waals surface area contributed by atoms with Gasteiger partial charge in [-0.2, -0.15) is 0 Å². The lowest BCUT2D eigenvalue weighted by Crippen LogP contribution is -2.27. The van der Waals surface area contributed by atoms with Crippen LogP contribution in [-0.4, -0.2) is 5.91 Å². The van der Waals surface area contributed by atoms with Crippen LogP contribution in [0.15, 0.2) is 54.6 Å². The molecule has 0 saturated heterocycles. The maximum Gasteiger partial charge on any atom is 0.224 e. The Bertz CT molecular complexity index is 522. The summed E-state index contributed by atoms with van der Waals surface area (Å²) < 4.78 is 1.17. The van der Waals surface area contributed by atoms with Crippen molar-refractivity contribution in [3.05, 3.63) is 63.7 Å². The molecule has 2 aromatic rings. The third kappa shape index (κ3) is 3.32. The van der Waals surface area contributed by atoms with E-state index in [-0.39, 0.29) is 5.91 Å².